The molecule has 1 radical (unpaired) electrons. The summed E-state index contributed by atoms with van der Waals surface area (Å²) in [7, 11) is -0.446. The van der Waals surface area contributed by atoms with Crippen LogP contribution in [-0.4, -0.2) is 29.4 Å². The molecule has 0 bridgehead atoms. The van der Waals surface area contributed by atoms with Gasteiger partial charge in [0.05, 0.1) is 6.42 Å². The van der Waals surface area contributed by atoms with Crippen LogP contribution < -0.4 is 15.9 Å². The SMILES string of the molecule is C=O.CC(=O)CC(=O)C(=O)O.[Rh].c1ccc(P(c2ccccc2)c2ccccc2)cc1. The van der Waals surface area contributed by atoms with Gasteiger partial charge in [-0.15, -0.1) is 0 Å². The molecule has 0 amide bonds. The number of carbonyl (C=O) groups excluding carboxylic acids is 3. The molecular formula is C24H23O5PRh. The fourth-order valence-corrected chi connectivity index (χ4v) is 4.79. The van der Waals surface area contributed by atoms with Crippen molar-refractivity contribution in [3.05, 3.63) is 91.0 Å². The first-order chi connectivity index (χ1) is 14.5. The van der Waals surface area contributed by atoms with E-state index in [1.54, 1.807) is 0 Å². The molecule has 0 spiro atoms. The summed E-state index contributed by atoms with van der Waals surface area (Å²) in [5, 5.41) is 12.1. The monoisotopic (exact) mass is 525 g/mol. The Balaban J connectivity index is 0.000000644. The second-order valence-electron chi connectivity index (χ2n) is 5.95. The Morgan fingerprint density at radius 1 is 0.710 bits per heavy atom. The summed E-state index contributed by atoms with van der Waals surface area (Å²) in [6.45, 7) is 3.17. The molecule has 0 saturated heterocycles. The smallest absolute Gasteiger partial charge is 0.372 e. The van der Waals surface area contributed by atoms with E-state index in [1.165, 1.54) is 22.8 Å². The van der Waals surface area contributed by atoms with Crippen LogP contribution in [0.5, 0.6) is 0 Å². The minimum absolute atomic E-state index is 0. The Morgan fingerprint density at radius 2 is 1.00 bits per heavy atom. The van der Waals surface area contributed by atoms with Crippen molar-refractivity contribution in [2.75, 3.05) is 0 Å². The fourth-order valence-electron chi connectivity index (χ4n) is 2.48. The van der Waals surface area contributed by atoms with E-state index in [-0.39, 0.29) is 19.5 Å². The van der Waals surface area contributed by atoms with Gasteiger partial charge in [-0.2, -0.15) is 0 Å². The van der Waals surface area contributed by atoms with E-state index in [0.29, 0.717) is 0 Å². The van der Waals surface area contributed by atoms with Crippen LogP contribution in [0.15, 0.2) is 91.0 Å². The molecule has 7 heteroatoms. The molecule has 0 aliphatic carbocycles. The summed E-state index contributed by atoms with van der Waals surface area (Å²) in [5.41, 5.74) is 0. The zero-order chi connectivity index (χ0) is 22.4. The van der Waals surface area contributed by atoms with Crippen LogP contribution in [-0.2, 0) is 38.7 Å². The maximum atomic E-state index is 10.1. The summed E-state index contributed by atoms with van der Waals surface area (Å²) >= 11 is 0. The molecule has 0 aliphatic rings. The van der Waals surface area contributed by atoms with Crippen LogP contribution in [0.1, 0.15) is 13.3 Å². The van der Waals surface area contributed by atoms with E-state index in [2.05, 4.69) is 91.0 Å². The Morgan fingerprint density at radius 3 is 1.19 bits per heavy atom. The standard InChI is InChI=1S/C18H15P.C5H6O4.CH2O.Rh/c1-4-10-16(11-5-1)19(17-12-6-2-7-13-17)18-14-8-3-9-15-18;1-3(6)2-4(7)5(8)9;1-2;/h1-15H;2H2,1H3,(H,8,9);1H2;. The largest absolute Gasteiger partial charge is 0.475 e. The Labute approximate surface area is 196 Å². The molecule has 0 unspecified atom stereocenters. The minimum Gasteiger partial charge on any atom is -0.475 e. The van der Waals surface area contributed by atoms with E-state index >= 15 is 0 Å². The summed E-state index contributed by atoms with van der Waals surface area (Å²) in [6, 6.07) is 32.3. The van der Waals surface area contributed by atoms with Crippen LogP contribution >= 0.6 is 7.92 Å². The maximum absolute atomic E-state index is 10.1. The van der Waals surface area contributed by atoms with Crippen LogP contribution in [0.4, 0.5) is 0 Å². The molecule has 3 rings (SSSR count). The Bertz CT molecular complexity index is 840. The minimum atomic E-state index is -1.55. The maximum Gasteiger partial charge on any atom is 0.372 e. The van der Waals surface area contributed by atoms with Crippen LogP contribution in [0.3, 0.4) is 0 Å². The third kappa shape index (κ3) is 10.2. The fraction of sp³-hybridized carbons (Fsp3) is 0.0833. The van der Waals surface area contributed by atoms with Crippen molar-refractivity contribution in [2.24, 2.45) is 0 Å². The predicted octanol–water partition coefficient (Wildman–Crippen LogP) is 2.88. The average Bonchev–Trinajstić information content (AvgIpc) is 2.78. The number of aliphatic carboxylic acids is 1. The number of rotatable bonds is 6. The van der Waals surface area contributed by atoms with Crippen molar-refractivity contribution >= 4 is 48.2 Å². The average molecular weight is 525 g/mol. The molecule has 0 saturated carbocycles. The van der Waals surface area contributed by atoms with E-state index in [9.17, 15) is 14.4 Å². The van der Waals surface area contributed by atoms with Crippen molar-refractivity contribution in [1.29, 1.82) is 0 Å². The number of Topliss-reactive ketones (excluding diaryl/α,β-unsaturated/α-hetero) is 2. The van der Waals surface area contributed by atoms with Crippen LogP contribution in [0, 0.1) is 0 Å². The molecule has 0 aliphatic heterocycles. The van der Waals surface area contributed by atoms with Crippen LogP contribution in [0.25, 0.3) is 0 Å². The van der Waals surface area contributed by atoms with Gasteiger partial charge in [0.1, 0.15) is 12.6 Å². The normalized spacial score (nSPS) is 9.10. The third-order valence-electron chi connectivity index (χ3n) is 3.69. The first-order valence-electron chi connectivity index (χ1n) is 8.98. The van der Waals surface area contributed by atoms with Crippen molar-refractivity contribution in [3.63, 3.8) is 0 Å². The van der Waals surface area contributed by atoms with E-state index in [4.69, 9.17) is 9.90 Å². The number of hydrogen-bond acceptors (Lipinski definition) is 4. The van der Waals surface area contributed by atoms with Crippen molar-refractivity contribution in [1.82, 2.24) is 0 Å². The van der Waals surface area contributed by atoms with E-state index < -0.39 is 31.9 Å². The predicted molar refractivity (Wildman–Crippen MR) is 120 cm³/mol. The van der Waals surface area contributed by atoms with Crippen LogP contribution in [0.2, 0.25) is 0 Å². The summed E-state index contributed by atoms with van der Waals surface area (Å²) < 4.78 is 0. The van der Waals surface area contributed by atoms with Gasteiger partial charge in [-0.25, -0.2) is 4.79 Å². The van der Waals surface area contributed by atoms with Crippen molar-refractivity contribution in [3.8, 4) is 0 Å². The second-order valence-corrected chi connectivity index (χ2v) is 8.17. The van der Waals surface area contributed by atoms with Gasteiger partial charge >= 0.3 is 5.97 Å². The Hall–Kier alpha value is -2.81. The van der Waals surface area contributed by atoms with Gasteiger partial charge in [0, 0.05) is 19.5 Å². The first-order valence-corrected chi connectivity index (χ1v) is 10.3. The summed E-state index contributed by atoms with van der Waals surface area (Å²) in [5.74, 6) is -3.03. The molecular weight excluding hydrogens is 502 g/mol. The number of carboxylic acids is 1. The molecule has 163 valence electrons. The van der Waals surface area contributed by atoms with Gasteiger partial charge in [0.15, 0.2) is 0 Å². The molecule has 0 fully saturated rings. The molecule has 31 heavy (non-hydrogen) atoms. The summed E-state index contributed by atoms with van der Waals surface area (Å²) in [6.07, 6.45) is -0.505. The number of hydrogen-bond donors (Lipinski definition) is 1. The first kappa shape index (κ1) is 28.2. The number of carboxylic acid groups (broad SMARTS) is 1. The topological polar surface area (TPSA) is 88.5 Å². The third-order valence-corrected chi connectivity index (χ3v) is 6.13. The molecule has 3 aromatic carbocycles. The summed E-state index contributed by atoms with van der Waals surface area (Å²) in [4.78, 5) is 37.9. The Kier molecular flexibility index (Phi) is 14.5. The van der Waals surface area contributed by atoms with E-state index in [1.807, 2.05) is 6.79 Å². The number of benzene rings is 3. The van der Waals surface area contributed by atoms with E-state index in [0.717, 1.165) is 0 Å². The van der Waals surface area contributed by atoms with Crippen molar-refractivity contribution < 1.29 is 43.8 Å². The van der Waals surface area contributed by atoms with Gasteiger partial charge in [-0.1, -0.05) is 91.0 Å². The molecule has 3 aromatic rings. The van der Waals surface area contributed by atoms with Gasteiger partial charge in [0.25, 0.3) is 0 Å². The van der Waals surface area contributed by atoms with Gasteiger partial charge in [-0.3, -0.25) is 9.59 Å². The quantitative estimate of drug-likeness (QED) is 0.232. The second kappa shape index (κ2) is 16.0. The number of carbonyl (C=O) groups is 4. The van der Waals surface area contributed by atoms with Gasteiger partial charge < -0.3 is 9.90 Å². The molecule has 5 nitrogen and oxygen atoms in total. The zero-order valence-corrected chi connectivity index (χ0v) is 19.5. The molecule has 0 atom stereocenters. The van der Waals surface area contributed by atoms with Gasteiger partial charge in [-0.05, 0) is 30.8 Å². The van der Waals surface area contributed by atoms with Crippen molar-refractivity contribution in [2.45, 2.75) is 13.3 Å². The number of ketones is 2. The molecule has 0 heterocycles. The van der Waals surface area contributed by atoms with Gasteiger partial charge in [0.2, 0.25) is 5.78 Å². The molecule has 0 aromatic heterocycles. The zero-order valence-electron chi connectivity index (χ0n) is 16.9. The molecule has 1 N–H and O–H groups in total.